The van der Waals surface area contributed by atoms with Crippen LogP contribution < -0.4 is 0 Å². The summed E-state index contributed by atoms with van der Waals surface area (Å²) in [6.45, 7) is 3.77. The number of halogens is 1. The van der Waals surface area contributed by atoms with E-state index in [1.165, 1.54) is 6.42 Å². The van der Waals surface area contributed by atoms with Gasteiger partial charge in [0.25, 0.3) is 0 Å². The second-order valence-electron chi connectivity index (χ2n) is 3.03. The molecule has 70 valence electrons. The Bertz CT molecular complexity index is 158. The van der Waals surface area contributed by atoms with Gasteiger partial charge in [-0.3, -0.25) is 0 Å². The van der Waals surface area contributed by atoms with Gasteiger partial charge in [-0.1, -0.05) is 0 Å². The normalized spacial score (nSPS) is 27.8. The van der Waals surface area contributed by atoms with Gasteiger partial charge < -0.3 is 9.64 Å². The zero-order valence-electron chi connectivity index (χ0n) is 7.72. The first-order chi connectivity index (χ1) is 5.75. The highest BCUT2D eigenvalue weighted by Crippen LogP contribution is 2.24. The van der Waals surface area contributed by atoms with Gasteiger partial charge in [0.15, 0.2) is 0 Å². The van der Waals surface area contributed by atoms with Crippen LogP contribution in [0, 0.1) is 0 Å². The van der Waals surface area contributed by atoms with Crippen LogP contribution in [0.4, 0.5) is 0 Å². The van der Waals surface area contributed by atoms with E-state index < -0.39 is 0 Å². The molecule has 0 aromatic heterocycles. The van der Waals surface area contributed by atoms with E-state index in [0.717, 1.165) is 18.7 Å². The summed E-state index contributed by atoms with van der Waals surface area (Å²) in [5.74, 6) is 0. The largest absolute Gasteiger partial charge is 0.500 e. The van der Waals surface area contributed by atoms with Crippen molar-refractivity contribution < 1.29 is 4.74 Å². The van der Waals surface area contributed by atoms with Crippen LogP contribution in [0.1, 0.15) is 19.8 Å². The van der Waals surface area contributed by atoms with E-state index in [9.17, 15) is 0 Å². The Morgan fingerprint density at radius 3 is 3.08 bits per heavy atom. The molecule has 1 saturated heterocycles. The quantitative estimate of drug-likeness (QED) is 0.488. The van der Waals surface area contributed by atoms with E-state index in [2.05, 4.69) is 11.9 Å². The Balaban J connectivity index is 2.56. The molecule has 0 aromatic rings. The van der Waals surface area contributed by atoms with Gasteiger partial charge in [-0.15, -0.1) is 11.6 Å². The van der Waals surface area contributed by atoms with Crippen LogP contribution in [0.3, 0.4) is 0 Å². The maximum Gasteiger partial charge on any atom is 0.103 e. The summed E-state index contributed by atoms with van der Waals surface area (Å²) in [7, 11) is 2.05. The van der Waals surface area contributed by atoms with Crippen molar-refractivity contribution >= 4 is 11.6 Å². The first-order valence-electron chi connectivity index (χ1n) is 4.42. The number of piperidine rings is 1. The molecule has 12 heavy (non-hydrogen) atoms. The van der Waals surface area contributed by atoms with Gasteiger partial charge in [0.05, 0.1) is 17.7 Å². The van der Waals surface area contributed by atoms with E-state index in [4.69, 9.17) is 16.3 Å². The third kappa shape index (κ3) is 2.31. The van der Waals surface area contributed by atoms with Crippen molar-refractivity contribution in [2.45, 2.75) is 25.1 Å². The van der Waals surface area contributed by atoms with Crippen LogP contribution in [0.25, 0.3) is 0 Å². The molecule has 0 saturated carbocycles. The summed E-state index contributed by atoms with van der Waals surface area (Å²) in [5.41, 5.74) is 1.12. The number of hydrogen-bond acceptors (Lipinski definition) is 2. The lowest BCUT2D eigenvalue weighted by molar-refractivity contribution is 0.242. The predicted octanol–water partition coefficient (Wildman–Crippen LogP) is 2.20. The third-order valence-corrected chi connectivity index (χ3v) is 2.53. The summed E-state index contributed by atoms with van der Waals surface area (Å²) in [4.78, 5) is 2.16. The van der Waals surface area contributed by atoms with Crippen molar-refractivity contribution in [2.75, 3.05) is 20.2 Å². The van der Waals surface area contributed by atoms with Gasteiger partial charge in [0, 0.05) is 13.6 Å². The fourth-order valence-corrected chi connectivity index (χ4v) is 1.73. The summed E-state index contributed by atoms with van der Waals surface area (Å²) in [5, 5.41) is 0.135. The molecule has 2 nitrogen and oxygen atoms in total. The Hall–Kier alpha value is -0.370. The van der Waals surface area contributed by atoms with Crippen LogP contribution >= 0.6 is 11.6 Å². The van der Waals surface area contributed by atoms with E-state index >= 15 is 0 Å². The van der Waals surface area contributed by atoms with E-state index in [-0.39, 0.29) is 5.38 Å². The molecule has 0 aromatic carbocycles. The third-order valence-electron chi connectivity index (χ3n) is 2.08. The molecule has 0 N–H and O–H groups in total. The van der Waals surface area contributed by atoms with Crippen LogP contribution in [0.15, 0.2) is 12.0 Å². The van der Waals surface area contributed by atoms with Gasteiger partial charge in [0.1, 0.15) is 6.26 Å². The fraction of sp³-hybridized carbons (Fsp3) is 0.778. The van der Waals surface area contributed by atoms with Crippen molar-refractivity contribution in [2.24, 2.45) is 0 Å². The molecule has 1 heterocycles. The fourth-order valence-electron chi connectivity index (χ4n) is 1.36. The number of rotatable bonds is 2. The Morgan fingerprint density at radius 2 is 2.50 bits per heavy atom. The minimum Gasteiger partial charge on any atom is -0.500 e. The molecule has 1 atom stereocenters. The molecule has 0 bridgehead atoms. The standard InChI is InChI=1S/C9H16ClNO/c1-3-12-7-9-8(10)5-4-6-11(9)2/h7-8H,3-6H2,1-2H3. The van der Waals surface area contributed by atoms with Crippen molar-refractivity contribution in [3.05, 3.63) is 12.0 Å². The molecule has 1 rings (SSSR count). The molecule has 0 aliphatic carbocycles. The number of allylic oxidation sites excluding steroid dienone is 1. The summed E-state index contributed by atoms with van der Waals surface area (Å²) < 4.78 is 5.23. The lowest BCUT2D eigenvalue weighted by Gasteiger charge is -2.30. The molecular weight excluding hydrogens is 174 g/mol. The molecule has 1 aliphatic rings. The topological polar surface area (TPSA) is 12.5 Å². The Labute approximate surface area is 79.1 Å². The lowest BCUT2D eigenvalue weighted by Crippen LogP contribution is -2.30. The predicted molar refractivity (Wildman–Crippen MR) is 51.2 cm³/mol. The molecule has 1 aliphatic heterocycles. The van der Waals surface area contributed by atoms with Gasteiger partial charge >= 0.3 is 0 Å². The summed E-state index contributed by atoms with van der Waals surface area (Å²) in [6, 6.07) is 0. The van der Waals surface area contributed by atoms with E-state index in [1.807, 2.05) is 6.92 Å². The average molecular weight is 190 g/mol. The number of ether oxygens (including phenoxy) is 1. The lowest BCUT2D eigenvalue weighted by atomic mass is 10.1. The second-order valence-corrected chi connectivity index (χ2v) is 3.56. The SMILES string of the molecule is CCOC=C1C(Cl)CCCN1C. The highest BCUT2D eigenvalue weighted by molar-refractivity contribution is 6.22. The zero-order chi connectivity index (χ0) is 8.97. The number of likely N-dealkylation sites (tertiary alicyclic amines) is 1. The van der Waals surface area contributed by atoms with Crippen LogP contribution in [0.2, 0.25) is 0 Å². The first-order valence-corrected chi connectivity index (χ1v) is 4.86. The smallest absolute Gasteiger partial charge is 0.103 e. The molecule has 1 unspecified atom stereocenters. The van der Waals surface area contributed by atoms with Gasteiger partial charge in [-0.2, -0.15) is 0 Å². The van der Waals surface area contributed by atoms with Crippen LogP contribution in [-0.2, 0) is 4.74 Å². The molecular formula is C9H16ClNO. The van der Waals surface area contributed by atoms with Crippen LogP contribution in [-0.4, -0.2) is 30.5 Å². The Kier molecular flexibility index (Phi) is 3.73. The number of alkyl halides is 1. The minimum atomic E-state index is 0.135. The van der Waals surface area contributed by atoms with Crippen molar-refractivity contribution in [3.63, 3.8) is 0 Å². The van der Waals surface area contributed by atoms with Gasteiger partial charge in [0.2, 0.25) is 0 Å². The number of hydrogen-bond donors (Lipinski definition) is 0. The average Bonchev–Trinajstić information content (AvgIpc) is 2.04. The summed E-state index contributed by atoms with van der Waals surface area (Å²) in [6.07, 6.45) is 4.02. The molecule has 1 fully saturated rings. The van der Waals surface area contributed by atoms with Crippen molar-refractivity contribution in [1.82, 2.24) is 4.90 Å². The van der Waals surface area contributed by atoms with Gasteiger partial charge in [-0.25, -0.2) is 0 Å². The van der Waals surface area contributed by atoms with Gasteiger partial charge in [-0.05, 0) is 19.8 Å². The maximum atomic E-state index is 6.12. The van der Waals surface area contributed by atoms with Crippen molar-refractivity contribution in [3.8, 4) is 0 Å². The highest BCUT2D eigenvalue weighted by Gasteiger charge is 2.20. The Morgan fingerprint density at radius 1 is 1.75 bits per heavy atom. The minimum absolute atomic E-state index is 0.135. The van der Waals surface area contributed by atoms with E-state index in [1.54, 1.807) is 6.26 Å². The molecule has 0 amide bonds. The van der Waals surface area contributed by atoms with Crippen LogP contribution in [0.5, 0.6) is 0 Å². The second kappa shape index (κ2) is 4.61. The molecule has 3 heteroatoms. The maximum absolute atomic E-state index is 6.12. The summed E-state index contributed by atoms with van der Waals surface area (Å²) >= 11 is 6.12. The molecule has 0 spiro atoms. The highest BCUT2D eigenvalue weighted by atomic mass is 35.5. The van der Waals surface area contributed by atoms with Crippen molar-refractivity contribution in [1.29, 1.82) is 0 Å². The zero-order valence-corrected chi connectivity index (χ0v) is 8.47. The number of nitrogens with zero attached hydrogens (tertiary/aromatic N) is 1. The van der Waals surface area contributed by atoms with E-state index in [0.29, 0.717) is 6.61 Å². The molecule has 0 radical (unpaired) electrons. The monoisotopic (exact) mass is 189 g/mol. The first kappa shape index (κ1) is 9.72.